The van der Waals surface area contributed by atoms with Crippen LogP contribution >= 0.6 is 0 Å². The quantitative estimate of drug-likeness (QED) is 0.614. The molecule has 0 aromatic heterocycles. The van der Waals surface area contributed by atoms with Crippen molar-refractivity contribution in [3.05, 3.63) is 36.1 Å². The molecule has 16 heavy (non-hydrogen) atoms. The molecule has 1 aromatic carbocycles. The fourth-order valence-corrected chi connectivity index (χ4v) is 1.12. The molecule has 0 saturated carbocycles. The van der Waals surface area contributed by atoms with Crippen molar-refractivity contribution < 1.29 is 9.47 Å². The Balaban J connectivity index is 2.44. The summed E-state index contributed by atoms with van der Waals surface area (Å²) in [5.41, 5.74) is 6.31. The molecule has 2 N–H and O–H groups in total. The van der Waals surface area contributed by atoms with Gasteiger partial charge in [-0.2, -0.15) is 0 Å². The predicted molar refractivity (Wildman–Crippen MR) is 66.3 cm³/mol. The Morgan fingerprint density at radius 1 is 1.31 bits per heavy atom. The van der Waals surface area contributed by atoms with Crippen LogP contribution in [0.4, 0.5) is 5.69 Å². The minimum atomic E-state index is 0.237. The van der Waals surface area contributed by atoms with Gasteiger partial charge in [0.25, 0.3) is 0 Å². The van der Waals surface area contributed by atoms with Gasteiger partial charge in [0.05, 0.1) is 18.5 Å². The molecule has 0 radical (unpaired) electrons. The van der Waals surface area contributed by atoms with Gasteiger partial charge in [-0.1, -0.05) is 0 Å². The number of hydrogen-bond donors (Lipinski definition) is 1. The first-order chi connectivity index (χ1) is 7.58. The summed E-state index contributed by atoms with van der Waals surface area (Å²) in [6, 6.07) is 7.31. The molecule has 0 aliphatic carbocycles. The van der Waals surface area contributed by atoms with Crippen molar-refractivity contribution in [1.82, 2.24) is 0 Å². The fourth-order valence-electron chi connectivity index (χ4n) is 1.12. The van der Waals surface area contributed by atoms with Crippen molar-refractivity contribution in [2.45, 2.75) is 26.9 Å². The van der Waals surface area contributed by atoms with Crippen LogP contribution in [0.1, 0.15) is 20.8 Å². The molecule has 88 valence electrons. The first-order valence-corrected chi connectivity index (χ1v) is 5.39. The van der Waals surface area contributed by atoms with Gasteiger partial charge in [-0.25, -0.2) is 0 Å². The lowest BCUT2D eigenvalue weighted by Crippen LogP contribution is -2.03. The van der Waals surface area contributed by atoms with E-state index in [-0.39, 0.29) is 6.10 Å². The van der Waals surface area contributed by atoms with Gasteiger partial charge in [-0.3, -0.25) is 0 Å². The van der Waals surface area contributed by atoms with Gasteiger partial charge in [0.2, 0.25) is 0 Å². The van der Waals surface area contributed by atoms with Crippen LogP contribution in [-0.2, 0) is 4.74 Å². The van der Waals surface area contributed by atoms with E-state index < -0.39 is 0 Å². The van der Waals surface area contributed by atoms with E-state index in [1.165, 1.54) is 0 Å². The highest BCUT2D eigenvalue weighted by molar-refractivity contribution is 5.41. The van der Waals surface area contributed by atoms with Crippen molar-refractivity contribution >= 4 is 5.69 Å². The second-order valence-electron chi connectivity index (χ2n) is 3.87. The zero-order valence-corrected chi connectivity index (χ0v) is 10.1. The van der Waals surface area contributed by atoms with Gasteiger partial charge in [-0.15, -0.1) is 0 Å². The summed E-state index contributed by atoms with van der Waals surface area (Å²) in [5, 5.41) is 0. The predicted octanol–water partition coefficient (Wildman–Crippen LogP) is 2.98. The summed E-state index contributed by atoms with van der Waals surface area (Å²) in [6.07, 6.45) is 2.15. The molecule has 1 aromatic rings. The number of nitrogen functional groups attached to an aromatic ring is 1. The number of rotatable bonds is 5. The lowest BCUT2D eigenvalue weighted by molar-refractivity contribution is 0.101. The van der Waals surface area contributed by atoms with Gasteiger partial charge in [0.1, 0.15) is 5.75 Å². The van der Waals surface area contributed by atoms with E-state index in [2.05, 4.69) is 0 Å². The molecular formula is C13H19NO2. The van der Waals surface area contributed by atoms with E-state index >= 15 is 0 Å². The number of ether oxygens (including phenoxy) is 2. The van der Waals surface area contributed by atoms with Gasteiger partial charge in [0, 0.05) is 5.69 Å². The summed E-state index contributed by atoms with van der Waals surface area (Å²) in [4.78, 5) is 0. The van der Waals surface area contributed by atoms with Crippen LogP contribution in [0.25, 0.3) is 0 Å². The van der Waals surface area contributed by atoms with E-state index in [4.69, 9.17) is 15.2 Å². The molecule has 0 fully saturated rings. The molecule has 1 rings (SSSR count). The second-order valence-corrected chi connectivity index (χ2v) is 3.87. The molecule has 3 heteroatoms. The monoisotopic (exact) mass is 221 g/mol. The molecular weight excluding hydrogens is 202 g/mol. The minimum absolute atomic E-state index is 0.237. The Morgan fingerprint density at radius 2 is 1.94 bits per heavy atom. The number of nitrogens with two attached hydrogens (primary N) is 1. The molecule has 3 nitrogen and oxygen atoms in total. The van der Waals surface area contributed by atoms with Crippen LogP contribution in [0.5, 0.6) is 5.75 Å². The average Bonchev–Trinajstić information content (AvgIpc) is 2.21. The summed E-state index contributed by atoms with van der Waals surface area (Å²) in [7, 11) is 0. The first kappa shape index (κ1) is 12.6. The van der Waals surface area contributed by atoms with Crippen LogP contribution in [0.2, 0.25) is 0 Å². The molecule has 0 atom stereocenters. The molecule has 0 aliphatic rings. The van der Waals surface area contributed by atoms with Crippen molar-refractivity contribution in [2.24, 2.45) is 0 Å². The van der Waals surface area contributed by atoms with Gasteiger partial charge in [-0.05, 0) is 51.1 Å². The van der Waals surface area contributed by atoms with Crippen molar-refractivity contribution in [2.75, 3.05) is 12.3 Å². The molecule has 0 aliphatic heterocycles. The highest BCUT2D eigenvalue weighted by atomic mass is 16.5. The number of allylic oxidation sites excluding steroid dienone is 1. The summed E-state index contributed by atoms with van der Waals surface area (Å²) < 4.78 is 11.0. The van der Waals surface area contributed by atoms with Crippen LogP contribution in [0.15, 0.2) is 36.1 Å². The van der Waals surface area contributed by atoms with E-state index in [1.807, 2.05) is 51.1 Å². The molecule has 0 bridgehead atoms. The van der Waals surface area contributed by atoms with E-state index in [0.29, 0.717) is 6.61 Å². The number of hydrogen-bond acceptors (Lipinski definition) is 3. The summed E-state index contributed by atoms with van der Waals surface area (Å²) in [5.74, 6) is 1.61. The third-order valence-electron chi connectivity index (χ3n) is 1.96. The average molecular weight is 221 g/mol. The summed E-state index contributed by atoms with van der Waals surface area (Å²) >= 11 is 0. The maximum absolute atomic E-state index is 5.58. The normalized spacial score (nSPS) is 11.9. The topological polar surface area (TPSA) is 44.5 Å². The van der Waals surface area contributed by atoms with E-state index in [0.717, 1.165) is 17.2 Å². The maximum atomic E-state index is 5.58. The molecule has 0 amide bonds. The van der Waals surface area contributed by atoms with Crippen LogP contribution in [0.3, 0.4) is 0 Å². The highest BCUT2D eigenvalue weighted by Crippen LogP contribution is 2.15. The van der Waals surface area contributed by atoms with E-state index in [1.54, 1.807) is 0 Å². The standard InChI is InChI=1S/C13H19NO2/c1-10(2)15-9-8-11(3)16-13-6-4-12(14)5-7-13/h4-8,10H,9,14H2,1-3H3/b11-8+. The first-order valence-electron chi connectivity index (χ1n) is 5.39. The van der Waals surface area contributed by atoms with Crippen LogP contribution in [-0.4, -0.2) is 12.7 Å². The Kier molecular flexibility index (Phi) is 4.86. The van der Waals surface area contributed by atoms with Crippen LogP contribution in [0, 0.1) is 0 Å². The molecule has 0 heterocycles. The van der Waals surface area contributed by atoms with Gasteiger partial charge >= 0.3 is 0 Å². The highest BCUT2D eigenvalue weighted by Gasteiger charge is 1.96. The number of benzene rings is 1. The lowest BCUT2D eigenvalue weighted by atomic mass is 10.3. The van der Waals surface area contributed by atoms with Crippen LogP contribution < -0.4 is 10.5 Å². The van der Waals surface area contributed by atoms with Crippen molar-refractivity contribution in [3.63, 3.8) is 0 Å². The minimum Gasteiger partial charge on any atom is -0.462 e. The zero-order chi connectivity index (χ0) is 12.0. The smallest absolute Gasteiger partial charge is 0.127 e. The Hall–Kier alpha value is -1.48. The summed E-state index contributed by atoms with van der Waals surface area (Å²) in [6.45, 7) is 6.48. The maximum Gasteiger partial charge on any atom is 0.127 e. The Bertz CT molecular complexity index is 341. The Labute approximate surface area is 96.9 Å². The van der Waals surface area contributed by atoms with Crippen molar-refractivity contribution in [1.29, 1.82) is 0 Å². The van der Waals surface area contributed by atoms with Crippen molar-refractivity contribution in [3.8, 4) is 5.75 Å². The molecule has 0 spiro atoms. The number of anilines is 1. The lowest BCUT2D eigenvalue weighted by Gasteiger charge is -2.07. The third kappa shape index (κ3) is 4.84. The molecule has 0 saturated heterocycles. The molecule has 0 unspecified atom stereocenters. The van der Waals surface area contributed by atoms with Gasteiger partial charge in [0.15, 0.2) is 0 Å². The third-order valence-corrected chi connectivity index (χ3v) is 1.96. The fraction of sp³-hybridized carbons (Fsp3) is 0.385. The van der Waals surface area contributed by atoms with E-state index in [9.17, 15) is 0 Å². The Morgan fingerprint density at radius 3 is 2.50 bits per heavy atom. The second kappa shape index (κ2) is 6.18. The SMILES string of the molecule is C/C(=C\COC(C)C)Oc1ccc(N)cc1. The zero-order valence-electron chi connectivity index (χ0n) is 10.1. The van der Waals surface area contributed by atoms with Gasteiger partial charge < -0.3 is 15.2 Å². The largest absolute Gasteiger partial charge is 0.462 e.